The molecule has 3 nitrogen and oxygen atoms in total. The van der Waals surface area contributed by atoms with Crippen LogP contribution < -0.4 is 5.32 Å². The highest BCUT2D eigenvalue weighted by Gasteiger charge is 2.29. The number of nitrogens with zero attached hydrogens (tertiary/aromatic N) is 1. The van der Waals surface area contributed by atoms with Gasteiger partial charge in [0.1, 0.15) is 0 Å². The number of hydrogen-bond acceptors (Lipinski definition) is 3. The van der Waals surface area contributed by atoms with E-state index in [1.165, 1.54) is 25.7 Å². The molecule has 1 aliphatic carbocycles. The van der Waals surface area contributed by atoms with E-state index in [1.54, 1.807) is 0 Å². The Morgan fingerprint density at radius 2 is 2.06 bits per heavy atom. The van der Waals surface area contributed by atoms with Gasteiger partial charge >= 0.3 is 0 Å². The van der Waals surface area contributed by atoms with Gasteiger partial charge in [0.2, 0.25) is 0 Å². The van der Waals surface area contributed by atoms with Crippen molar-refractivity contribution < 1.29 is 5.11 Å². The second-order valence-corrected chi connectivity index (χ2v) is 7.07. The molecule has 0 heterocycles. The van der Waals surface area contributed by atoms with Gasteiger partial charge in [-0.1, -0.05) is 20.3 Å². The summed E-state index contributed by atoms with van der Waals surface area (Å²) in [5, 5.41) is 13.8. The van der Waals surface area contributed by atoms with Crippen molar-refractivity contribution >= 4 is 0 Å². The van der Waals surface area contributed by atoms with Gasteiger partial charge in [-0.05, 0) is 45.7 Å². The number of hydrogen-bond donors (Lipinski definition) is 2. The SMILES string of the molecule is CN(C)CC(C)(O)CNC1CCCC(C)(C)C1. The molecule has 2 unspecified atom stereocenters. The Kier molecular flexibility index (Phi) is 4.99. The largest absolute Gasteiger partial charge is 0.388 e. The standard InChI is InChI=1S/C14H30N2O/c1-13(2)8-6-7-12(9-13)15-10-14(3,17)11-16(4)5/h12,15,17H,6-11H2,1-5H3. The minimum atomic E-state index is -0.634. The fourth-order valence-electron chi connectivity index (χ4n) is 2.97. The highest BCUT2D eigenvalue weighted by atomic mass is 16.3. The third-order valence-electron chi connectivity index (χ3n) is 3.63. The van der Waals surface area contributed by atoms with Crippen LogP contribution in [0.15, 0.2) is 0 Å². The topological polar surface area (TPSA) is 35.5 Å². The molecule has 0 aliphatic heterocycles. The lowest BCUT2D eigenvalue weighted by molar-refractivity contribution is 0.0277. The van der Waals surface area contributed by atoms with Crippen molar-refractivity contribution in [3.05, 3.63) is 0 Å². The Hall–Kier alpha value is -0.120. The van der Waals surface area contributed by atoms with Crippen LogP contribution in [0, 0.1) is 5.41 Å². The summed E-state index contributed by atoms with van der Waals surface area (Å²) in [6, 6.07) is 0.576. The van der Waals surface area contributed by atoms with Crippen LogP contribution in [0.25, 0.3) is 0 Å². The van der Waals surface area contributed by atoms with E-state index in [1.807, 2.05) is 25.9 Å². The number of likely N-dealkylation sites (N-methyl/N-ethyl adjacent to an activating group) is 1. The molecule has 0 aromatic carbocycles. The lowest BCUT2D eigenvalue weighted by atomic mass is 9.75. The second kappa shape index (κ2) is 5.68. The summed E-state index contributed by atoms with van der Waals surface area (Å²) in [6.07, 6.45) is 5.12. The first-order valence-corrected chi connectivity index (χ1v) is 6.81. The first-order chi connectivity index (χ1) is 7.70. The van der Waals surface area contributed by atoms with Crippen LogP contribution in [0.2, 0.25) is 0 Å². The van der Waals surface area contributed by atoms with Gasteiger partial charge in [-0.3, -0.25) is 0 Å². The maximum Gasteiger partial charge on any atom is 0.0869 e. The minimum Gasteiger partial charge on any atom is -0.388 e. The van der Waals surface area contributed by atoms with E-state index in [0.29, 0.717) is 24.5 Å². The van der Waals surface area contributed by atoms with Crippen LogP contribution in [0.1, 0.15) is 46.5 Å². The molecule has 3 heteroatoms. The van der Waals surface area contributed by atoms with Crippen molar-refractivity contribution in [3.63, 3.8) is 0 Å². The van der Waals surface area contributed by atoms with Gasteiger partial charge < -0.3 is 15.3 Å². The monoisotopic (exact) mass is 242 g/mol. The van der Waals surface area contributed by atoms with Crippen LogP contribution in [-0.2, 0) is 0 Å². The predicted molar refractivity (Wildman–Crippen MR) is 73.2 cm³/mol. The van der Waals surface area contributed by atoms with Gasteiger partial charge in [-0.15, -0.1) is 0 Å². The van der Waals surface area contributed by atoms with E-state index in [0.717, 1.165) is 0 Å². The Morgan fingerprint density at radius 3 is 2.59 bits per heavy atom. The molecular weight excluding hydrogens is 212 g/mol. The Bertz CT molecular complexity index is 236. The first-order valence-electron chi connectivity index (χ1n) is 6.81. The zero-order valence-corrected chi connectivity index (χ0v) is 12.2. The molecule has 0 aromatic heterocycles. The summed E-state index contributed by atoms with van der Waals surface area (Å²) in [4.78, 5) is 2.03. The molecule has 2 atom stereocenters. The molecule has 0 spiro atoms. The average molecular weight is 242 g/mol. The average Bonchev–Trinajstić information content (AvgIpc) is 2.11. The maximum absolute atomic E-state index is 10.2. The van der Waals surface area contributed by atoms with E-state index < -0.39 is 5.60 Å². The molecular formula is C14H30N2O. The second-order valence-electron chi connectivity index (χ2n) is 7.07. The molecule has 2 N–H and O–H groups in total. The molecule has 1 saturated carbocycles. The third kappa shape index (κ3) is 5.84. The van der Waals surface area contributed by atoms with Gasteiger partial charge in [0.15, 0.2) is 0 Å². The van der Waals surface area contributed by atoms with E-state index in [-0.39, 0.29) is 0 Å². The molecule has 17 heavy (non-hydrogen) atoms. The summed E-state index contributed by atoms with van der Waals surface area (Å²) >= 11 is 0. The van der Waals surface area contributed by atoms with E-state index in [4.69, 9.17) is 0 Å². The zero-order chi connectivity index (χ0) is 13.1. The van der Waals surface area contributed by atoms with Gasteiger partial charge in [-0.25, -0.2) is 0 Å². The quantitative estimate of drug-likeness (QED) is 0.772. The molecule has 0 saturated heterocycles. The fraction of sp³-hybridized carbons (Fsp3) is 1.00. The van der Waals surface area contributed by atoms with Crippen LogP contribution in [0.4, 0.5) is 0 Å². The van der Waals surface area contributed by atoms with Crippen molar-refractivity contribution in [2.45, 2.75) is 58.1 Å². The molecule has 1 aliphatic rings. The van der Waals surface area contributed by atoms with Crippen LogP contribution in [-0.4, -0.2) is 48.8 Å². The van der Waals surface area contributed by atoms with Crippen LogP contribution in [0.3, 0.4) is 0 Å². The molecule has 0 bridgehead atoms. The van der Waals surface area contributed by atoms with Crippen molar-refractivity contribution in [1.29, 1.82) is 0 Å². The lowest BCUT2D eigenvalue weighted by Crippen LogP contribution is -2.49. The number of rotatable bonds is 5. The molecule has 0 amide bonds. The molecule has 102 valence electrons. The minimum absolute atomic E-state index is 0.462. The summed E-state index contributed by atoms with van der Waals surface area (Å²) in [6.45, 7) is 7.99. The van der Waals surface area contributed by atoms with Crippen LogP contribution in [0.5, 0.6) is 0 Å². The zero-order valence-electron chi connectivity index (χ0n) is 12.2. The van der Waals surface area contributed by atoms with Gasteiger partial charge in [0.25, 0.3) is 0 Å². The van der Waals surface area contributed by atoms with Crippen molar-refractivity contribution in [2.24, 2.45) is 5.41 Å². The normalized spacial score (nSPS) is 28.1. The number of aliphatic hydroxyl groups is 1. The van der Waals surface area contributed by atoms with Gasteiger partial charge in [0.05, 0.1) is 5.60 Å². The predicted octanol–water partition coefficient (Wildman–Crippen LogP) is 1.86. The van der Waals surface area contributed by atoms with Crippen molar-refractivity contribution in [3.8, 4) is 0 Å². The Balaban J connectivity index is 2.35. The van der Waals surface area contributed by atoms with E-state index in [2.05, 4.69) is 19.2 Å². The lowest BCUT2D eigenvalue weighted by Gasteiger charge is -2.37. The highest BCUT2D eigenvalue weighted by Crippen LogP contribution is 2.35. The highest BCUT2D eigenvalue weighted by molar-refractivity contribution is 4.86. The van der Waals surface area contributed by atoms with Gasteiger partial charge in [-0.2, -0.15) is 0 Å². The van der Waals surface area contributed by atoms with E-state index >= 15 is 0 Å². The molecule has 1 fully saturated rings. The number of nitrogens with one attached hydrogen (secondary N) is 1. The fourth-order valence-corrected chi connectivity index (χ4v) is 2.97. The van der Waals surface area contributed by atoms with Crippen LogP contribution >= 0.6 is 0 Å². The maximum atomic E-state index is 10.2. The Labute approximate surface area is 107 Å². The summed E-state index contributed by atoms with van der Waals surface area (Å²) in [5.74, 6) is 0. The summed E-state index contributed by atoms with van der Waals surface area (Å²) in [5.41, 5.74) is -0.172. The molecule has 1 rings (SSSR count). The molecule has 0 radical (unpaired) electrons. The summed E-state index contributed by atoms with van der Waals surface area (Å²) < 4.78 is 0. The van der Waals surface area contributed by atoms with Gasteiger partial charge in [0, 0.05) is 19.1 Å². The smallest absolute Gasteiger partial charge is 0.0869 e. The molecule has 0 aromatic rings. The Morgan fingerprint density at radius 1 is 1.41 bits per heavy atom. The van der Waals surface area contributed by atoms with E-state index in [9.17, 15) is 5.11 Å². The summed E-state index contributed by atoms with van der Waals surface area (Å²) in [7, 11) is 4.00. The third-order valence-corrected chi connectivity index (χ3v) is 3.63. The van der Waals surface area contributed by atoms with Crippen molar-refractivity contribution in [2.75, 3.05) is 27.2 Å². The first kappa shape index (κ1) is 14.9. The van der Waals surface area contributed by atoms with Crippen molar-refractivity contribution in [1.82, 2.24) is 10.2 Å².